The number of amides is 1. The average Bonchev–Trinajstić information content (AvgIpc) is 2.37. The van der Waals surface area contributed by atoms with E-state index in [1.807, 2.05) is 49.1 Å². The summed E-state index contributed by atoms with van der Waals surface area (Å²) in [5.74, 6) is 0.0193. The van der Waals surface area contributed by atoms with E-state index in [1.54, 1.807) is 0 Å². The highest BCUT2D eigenvalue weighted by molar-refractivity contribution is 5.85. The maximum absolute atomic E-state index is 12.3. The SMILES string of the molecule is CC1CN(C(=O)[C@@H](N)Cc2ccccc2)CC(C)O1.Cl. The fraction of sp³-hybridized carbons (Fsp3) is 0.533. The van der Waals surface area contributed by atoms with Gasteiger partial charge in [0, 0.05) is 13.1 Å². The van der Waals surface area contributed by atoms with Crippen LogP contribution < -0.4 is 5.73 Å². The Balaban J connectivity index is 0.00000200. The van der Waals surface area contributed by atoms with Crippen molar-refractivity contribution in [2.75, 3.05) is 13.1 Å². The number of morpholine rings is 1. The summed E-state index contributed by atoms with van der Waals surface area (Å²) < 4.78 is 5.63. The van der Waals surface area contributed by atoms with Crippen molar-refractivity contribution in [2.45, 2.75) is 38.5 Å². The van der Waals surface area contributed by atoms with Crippen LogP contribution in [0.25, 0.3) is 0 Å². The zero-order valence-electron chi connectivity index (χ0n) is 12.0. The van der Waals surface area contributed by atoms with Crippen molar-refractivity contribution in [3.8, 4) is 0 Å². The van der Waals surface area contributed by atoms with Crippen molar-refractivity contribution < 1.29 is 9.53 Å². The Morgan fingerprint density at radius 2 is 1.85 bits per heavy atom. The summed E-state index contributed by atoms with van der Waals surface area (Å²) in [4.78, 5) is 14.2. The van der Waals surface area contributed by atoms with Crippen molar-refractivity contribution in [1.29, 1.82) is 0 Å². The van der Waals surface area contributed by atoms with Crippen molar-refractivity contribution in [1.82, 2.24) is 4.90 Å². The van der Waals surface area contributed by atoms with Crippen LogP contribution in [-0.2, 0) is 16.0 Å². The van der Waals surface area contributed by atoms with Crippen molar-refractivity contribution in [2.24, 2.45) is 5.73 Å². The van der Waals surface area contributed by atoms with Crippen LogP contribution in [0, 0.1) is 0 Å². The Kier molecular flexibility index (Phi) is 6.46. The van der Waals surface area contributed by atoms with Gasteiger partial charge in [0.05, 0.1) is 18.2 Å². The predicted octanol–water partition coefficient (Wildman–Crippen LogP) is 1.61. The fourth-order valence-electron chi connectivity index (χ4n) is 2.55. The molecule has 2 rings (SSSR count). The van der Waals surface area contributed by atoms with Gasteiger partial charge in [-0.2, -0.15) is 0 Å². The topological polar surface area (TPSA) is 55.6 Å². The van der Waals surface area contributed by atoms with Crippen LogP contribution in [0.15, 0.2) is 30.3 Å². The molecule has 4 nitrogen and oxygen atoms in total. The Hall–Kier alpha value is -1.10. The highest BCUT2D eigenvalue weighted by atomic mass is 35.5. The van der Waals surface area contributed by atoms with Gasteiger partial charge in [0.2, 0.25) is 5.91 Å². The third-order valence-corrected chi connectivity index (χ3v) is 3.35. The summed E-state index contributed by atoms with van der Waals surface area (Å²) >= 11 is 0. The lowest BCUT2D eigenvalue weighted by atomic mass is 10.0. The minimum absolute atomic E-state index is 0. The summed E-state index contributed by atoms with van der Waals surface area (Å²) in [5, 5.41) is 0. The van der Waals surface area contributed by atoms with E-state index in [-0.39, 0.29) is 30.5 Å². The number of carbonyl (C=O) groups excluding carboxylic acids is 1. The molecule has 1 aliphatic heterocycles. The van der Waals surface area contributed by atoms with Crippen molar-refractivity contribution in [3.05, 3.63) is 35.9 Å². The number of ether oxygens (including phenoxy) is 1. The number of nitrogens with two attached hydrogens (primary N) is 1. The maximum Gasteiger partial charge on any atom is 0.240 e. The van der Waals surface area contributed by atoms with Crippen LogP contribution in [0.5, 0.6) is 0 Å². The number of nitrogens with zero attached hydrogens (tertiary/aromatic N) is 1. The molecule has 0 aromatic heterocycles. The van der Waals surface area contributed by atoms with Crippen LogP contribution in [-0.4, -0.2) is 42.1 Å². The van der Waals surface area contributed by atoms with E-state index in [9.17, 15) is 4.79 Å². The van der Waals surface area contributed by atoms with E-state index in [2.05, 4.69) is 0 Å². The number of hydrogen-bond donors (Lipinski definition) is 1. The molecule has 0 saturated carbocycles. The highest BCUT2D eigenvalue weighted by Gasteiger charge is 2.28. The van der Waals surface area contributed by atoms with Gasteiger partial charge in [-0.15, -0.1) is 12.4 Å². The smallest absolute Gasteiger partial charge is 0.240 e. The molecule has 1 heterocycles. The molecule has 0 bridgehead atoms. The molecule has 1 saturated heterocycles. The lowest BCUT2D eigenvalue weighted by Crippen LogP contribution is -2.53. The molecule has 1 aliphatic rings. The van der Waals surface area contributed by atoms with E-state index in [1.165, 1.54) is 0 Å². The molecule has 1 amide bonds. The molecule has 20 heavy (non-hydrogen) atoms. The van der Waals surface area contributed by atoms with Crippen molar-refractivity contribution >= 4 is 18.3 Å². The maximum atomic E-state index is 12.3. The molecule has 5 heteroatoms. The number of hydrogen-bond acceptors (Lipinski definition) is 3. The van der Waals surface area contributed by atoms with Gasteiger partial charge in [0.15, 0.2) is 0 Å². The Morgan fingerprint density at radius 3 is 2.40 bits per heavy atom. The highest BCUT2D eigenvalue weighted by Crippen LogP contribution is 2.12. The molecule has 1 fully saturated rings. The largest absolute Gasteiger partial charge is 0.372 e. The Bertz CT molecular complexity index is 417. The van der Waals surface area contributed by atoms with Gasteiger partial charge in [-0.25, -0.2) is 0 Å². The molecular weight excluding hydrogens is 276 g/mol. The summed E-state index contributed by atoms with van der Waals surface area (Å²) in [6, 6.07) is 9.41. The standard InChI is InChI=1S/C15H22N2O2.ClH/c1-11-9-17(10-12(2)19-11)15(18)14(16)8-13-6-4-3-5-7-13;/h3-7,11-12,14H,8-10,16H2,1-2H3;1H/t11?,12?,14-;/m0./s1. The van der Waals surface area contributed by atoms with Crippen LogP contribution >= 0.6 is 12.4 Å². The van der Waals surface area contributed by atoms with E-state index in [0.717, 1.165) is 5.56 Å². The normalized spacial score (nSPS) is 23.9. The zero-order chi connectivity index (χ0) is 13.8. The second kappa shape index (κ2) is 7.62. The minimum Gasteiger partial charge on any atom is -0.372 e. The van der Waals surface area contributed by atoms with Gasteiger partial charge in [-0.3, -0.25) is 4.79 Å². The van der Waals surface area contributed by atoms with Gasteiger partial charge in [-0.05, 0) is 25.8 Å². The van der Waals surface area contributed by atoms with Gasteiger partial charge < -0.3 is 15.4 Å². The quantitative estimate of drug-likeness (QED) is 0.922. The second-order valence-corrected chi connectivity index (χ2v) is 5.30. The van der Waals surface area contributed by atoms with E-state index in [4.69, 9.17) is 10.5 Å². The minimum atomic E-state index is -0.472. The summed E-state index contributed by atoms with van der Waals surface area (Å²) in [6.07, 6.45) is 0.744. The van der Waals surface area contributed by atoms with E-state index >= 15 is 0 Å². The van der Waals surface area contributed by atoms with Crippen LogP contribution in [0.1, 0.15) is 19.4 Å². The first-order chi connectivity index (χ1) is 9.06. The number of benzene rings is 1. The first-order valence-corrected chi connectivity index (χ1v) is 6.80. The molecular formula is C15H23ClN2O2. The summed E-state index contributed by atoms with van der Waals surface area (Å²) in [6.45, 7) is 5.23. The average molecular weight is 299 g/mol. The summed E-state index contributed by atoms with van der Waals surface area (Å²) in [7, 11) is 0. The van der Waals surface area contributed by atoms with Crippen molar-refractivity contribution in [3.63, 3.8) is 0 Å². The second-order valence-electron chi connectivity index (χ2n) is 5.30. The lowest BCUT2D eigenvalue weighted by molar-refractivity contribution is -0.144. The lowest BCUT2D eigenvalue weighted by Gasteiger charge is -2.36. The first kappa shape index (κ1) is 17.0. The molecule has 2 unspecified atom stereocenters. The third-order valence-electron chi connectivity index (χ3n) is 3.35. The first-order valence-electron chi connectivity index (χ1n) is 6.80. The van der Waals surface area contributed by atoms with Gasteiger partial charge in [0.25, 0.3) is 0 Å². The van der Waals surface area contributed by atoms with Crippen LogP contribution in [0.3, 0.4) is 0 Å². The number of rotatable bonds is 3. The number of carbonyl (C=O) groups is 1. The van der Waals surface area contributed by atoms with Gasteiger partial charge in [0.1, 0.15) is 0 Å². The van der Waals surface area contributed by atoms with E-state index < -0.39 is 6.04 Å². The molecule has 2 N–H and O–H groups in total. The molecule has 0 radical (unpaired) electrons. The Morgan fingerprint density at radius 1 is 1.30 bits per heavy atom. The molecule has 0 spiro atoms. The van der Waals surface area contributed by atoms with Crippen LogP contribution in [0.2, 0.25) is 0 Å². The molecule has 112 valence electrons. The monoisotopic (exact) mass is 298 g/mol. The predicted molar refractivity (Wildman–Crippen MR) is 82.0 cm³/mol. The molecule has 0 aliphatic carbocycles. The summed E-state index contributed by atoms with van der Waals surface area (Å²) in [5.41, 5.74) is 7.13. The van der Waals surface area contributed by atoms with Gasteiger partial charge >= 0.3 is 0 Å². The zero-order valence-corrected chi connectivity index (χ0v) is 12.8. The fourth-order valence-corrected chi connectivity index (χ4v) is 2.55. The molecule has 1 aromatic rings. The van der Waals surface area contributed by atoms with Gasteiger partial charge in [-0.1, -0.05) is 30.3 Å². The number of halogens is 1. The molecule has 3 atom stereocenters. The van der Waals surface area contributed by atoms with Crippen LogP contribution in [0.4, 0.5) is 0 Å². The third kappa shape index (κ3) is 4.47. The molecule has 1 aromatic carbocycles. The Labute approximate surface area is 126 Å². The van der Waals surface area contributed by atoms with E-state index in [0.29, 0.717) is 19.5 Å².